The van der Waals surface area contributed by atoms with E-state index < -0.39 is 0 Å². The number of piperidine rings is 1. The highest BCUT2D eigenvalue weighted by Crippen LogP contribution is 2.48. The van der Waals surface area contributed by atoms with Gasteiger partial charge in [-0.25, -0.2) is 0 Å². The number of aryl methyl sites for hydroxylation is 1. The molecule has 0 aromatic carbocycles. The standard InChI is InChI=1S/C19H29N3.C2H6/c1-4-17-6-5-7-19(12-17)8-10-22(11-9-19)16(3)18-14-20-15(2)13-21-18;1-2/h13-14,17H,3-12H2,1-2H3;1-2H3. The van der Waals surface area contributed by atoms with Crippen molar-refractivity contribution < 1.29 is 0 Å². The van der Waals surface area contributed by atoms with Crippen LogP contribution in [0.5, 0.6) is 0 Å². The number of aromatic nitrogens is 2. The second-order valence-corrected chi connectivity index (χ2v) is 7.35. The Bertz CT molecular complexity index is 512. The predicted octanol–water partition coefficient (Wildman–Crippen LogP) is 5.46. The first-order valence-electron chi connectivity index (χ1n) is 9.85. The Morgan fingerprint density at radius 1 is 1.21 bits per heavy atom. The van der Waals surface area contributed by atoms with Crippen LogP contribution in [0.3, 0.4) is 0 Å². The third-order valence-corrected chi connectivity index (χ3v) is 5.90. The lowest BCUT2D eigenvalue weighted by atomic mass is 9.64. The van der Waals surface area contributed by atoms with Crippen LogP contribution in [-0.2, 0) is 0 Å². The highest BCUT2D eigenvalue weighted by Gasteiger charge is 2.38. The molecular weight excluding hydrogens is 294 g/mol. The van der Waals surface area contributed by atoms with Crippen LogP contribution in [0.25, 0.3) is 5.70 Å². The van der Waals surface area contributed by atoms with Gasteiger partial charge >= 0.3 is 0 Å². The van der Waals surface area contributed by atoms with E-state index >= 15 is 0 Å². The van der Waals surface area contributed by atoms with Gasteiger partial charge < -0.3 is 4.90 Å². The average Bonchev–Trinajstić information content (AvgIpc) is 2.64. The molecule has 2 fully saturated rings. The lowest BCUT2D eigenvalue weighted by molar-refractivity contribution is 0.0642. The molecule has 1 saturated carbocycles. The second-order valence-electron chi connectivity index (χ2n) is 7.35. The maximum Gasteiger partial charge on any atom is 0.104 e. The van der Waals surface area contributed by atoms with Gasteiger partial charge in [0, 0.05) is 19.3 Å². The zero-order valence-electron chi connectivity index (χ0n) is 16.1. The number of hydrogen-bond donors (Lipinski definition) is 0. The van der Waals surface area contributed by atoms with Crippen molar-refractivity contribution in [2.75, 3.05) is 13.1 Å². The van der Waals surface area contributed by atoms with Crippen molar-refractivity contribution >= 4 is 5.70 Å². The maximum absolute atomic E-state index is 4.48. The van der Waals surface area contributed by atoms with Crippen LogP contribution in [0.4, 0.5) is 0 Å². The Morgan fingerprint density at radius 3 is 2.50 bits per heavy atom. The smallest absolute Gasteiger partial charge is 0.104 e. The molecule has 0 radical (unpaired) electrons. The van der Waals surface area contributed by atoms with Crippen molar-refractivity contribution in [1.82, 2.24) is 14.9 Å². The van der Waals surface area contributed by atoms with Gasteiger partial charge in [0.2, 0.25) is 0 Å². The van der Waals surface area contributed by atoms with Crippen molar-refractivity contribution in [3.8, 4) is 0 Å². The molecule has 1 saturated heterocycles. The van der Waals surface area contributed by atoms with Gasteiger partial charge in [-0.05, 0) is 43.9 Å². The Labute approximate surface area is 148 Å². The number of likely N-dealkylation sites (tertiary alicyclic amines) is 1. The molecule has 1 aliphatic carbocycles. The van der Waals surface area contributed by atoms with Crippen molar-refractivity contribution in [3.05, 3.63) is 30.4 Å². The molecule has 1 aromatic heterocycles. The van der Waals surface area contributed by atoms with Gasteiger partial charge in [0.05, 0.1) is 17.6 Å². The highest BCUT2D eigenvalue weighted by atomic mass is 15.2. The van der Waals surface area contributed by atoms with Gasteiger partial charge in [0.1, 0.15) is 5.69 Å². The fourth-order valence-electron chi connectivity index (χ4n) is 4.34. The summed E-state index contributed by atoms with van der Waals surface area (Å²) < 4.78 is 0. The maximum atomic E-state index is 4.48. The minimum absolute atomic E-state index is 0.620. The van der Waals surface area contributed by atoms with Crippen LogP contribution in [-0.4, -0.2) is 28.0 Å². The summed E-state index contributed by atoms with van der Waals surface area (Å²) in [5, 5.41) is 0. The summed E-state index contributed by atoms with van der Waals surface area (Å²) in [6, 6.07) is 0. The first-order chi connectivity index (χ1) is 11.6. The molecule has 1 spiro atoms. The summed E-state index contributed by atoms with van der Waals surface area (Å²) >= 11 is 0. The first-order valence-corrected chi connectivity index (χ1v) is 9.85. The molecule has 0 amide bonds. The zero-order valence-corrected chi connectivity index (χ0v) is 16.1. The number of nitrogens with zero attached hydrogens (tertiary/aromatic N) is 3. The Kier molecular flexibility index (Phi) is 6.82. The fraction of sp³-hybridized carbons (Fsp3) is 0.714. The fourth-order valence-corrected chi connectivity index (χ4v) is 4.34. The normalized spacial score (nSPS) is 22.7. The van der Waals surface area contributed by atoms with Gasteiger partial charge in [-0.1, -0.05) is 46.6 Å². The monoisotopic (exact) mass is 329 g/mol. The van der Waals surface area contributed by atoms with Crippen molar-refractivity contribution in [2.45, 2.75) is 72.6 Å². The molecule has 0 bridgehead atoms. The molecule has 1 aliphatic heterocycles. The van der Waals surface area contributed by atoms with Gasteiger partial charge in [-0.15, -0.1) is 0 Å². The summed E-state index contributed by atoms with van der Waals surface area (Å²) in [6.45, 7) is 14.9. The molecule has 1 aromatic rings. The van der Waals surface area contributed by atoms with Crippen LogP contribution in [0.15, 0.2) is 19.0 Å². The molecule has 2 aliphatic rings. The van der Waals surface area contributed by atoms with Crippen molar-refractivity contribution in [1.29, 1.82) is 0 Å². The Hall–Kier alpha value is -1.38. The van der Waals surface area contributed by atoms with E-state index in [0.29, 0.717) is 5.41 Å². The molecule has 1 unspecified atom stereocenters. The highest BCUT2D eigenvalue weighted by molar-refractivity contribution is 5.57. The molecule has 24 heavy (non-hydrogen) atoms. The van der Waals surface area contributed by atoms with Crippen LogP contribution in [0.1, 0.15) is 77.1 Å². The third kappa shape index (κ3) is 4.37. The van der Waals surface area contributed by atoms with Crippen molar-refractivity contribution in [2.24, 2.45) is 11.3 Å². The van der Waals surface area contributed by atoms with E-state index in [-0.39, 0.29) is 0 Å². The van der Waals surface area contributed by atoms with Crippen molar-refractivity contribution in [3.63, 3.8) is 0 Å². The minimum Gasteiger partial charge on any atom is -0.370 e. The quantitative estimate of drug-likeness (QED) is 0.737. The summed E-state index contributed by atoms with van der Waals surface area (Å²) in [7, 11) is 0. The zero-order chi connectivity index (χ0) is 17.6. The molecule has 2 heterocycles. The summed E-state index contributed by atoms with van der Waals surface area (Å²) in [5.41, 5.74) is 3.55. The molecule has 3 rings (SSSR count). The van der Waals surface area contributed by atoms with Crippen LogP contribution >= 0.6 is 0 Å². The van der Waals surface area contributed by atoms with E-state index in [1.165, 1.54) is 44.9 Å². The lowest BCUT2D eigenvalue weighted by Crippen LogP contribution is -2.41. The van der Waals surface area contributed by atoms with Gasteiger partial charge in [-0.3, -0.25) is 9.97 Å². The van der Waals surface area contributed by atoms with Gasteiger partial charge in [-0.2, -0.15) is 0 Å². The van der Waals surface area contributed by atoms with Crippen LogP contribution in [0, 0.1) is 18.3 Å². The Balaban J connectivity index is 0.00000100. The van der Waals surface area contributed by atoms with Gasteiger partial charge in [0.25, 0.3) is 0 Å². The van der Waals surface area contributed by atoms with E-state index in [1.807, 2.05) is 33.2 Å². The van der Waals surface area contributed by atoms with E-state index in [9.17, 15) is 0 Å². The number of rotatable bonds is 3. The largest absolute Gasteiger partial charge is 0.370 e. The van der Waals surface area contributed by atoms with E-state index in [0.717, 1.165) is 36.1 Å². The topological polar surface area (TPSA) is 29.0 Å². The van der Waals surface area contributed by atoms with Crippen LogP contribution in [0.2, 0.25) is 0 Å². The summed E-state index contributed by atoms with van der Waals surface area (Å²) in [6.07, 6.45) is 13.5. The first kappa shape index (κ1) is 19.0. The second kappa shape index (κ2) is 8.64. The minimum atomic E-state index is 0.620. The number of hydrogen-bond acceptors (Lipinski definition) is 3. The molecule has 1 atom stereocenters. The van der Waals surface area contributed by atoms with E-state index in [4.69, 9.17) is 0 Å². The molecule has 3 heteroatoms. The SMILES string of the molecule is C=C(c1cnc(C)cn1)N1CCC2(CCCC(CC)C2)CC1.CC. The summed E-state index contributed by atoms with van der Waals surface area (Å²) in [5.74, 6) is 0.964. The Morgan fingerprint density at radius 2 is 1.92 bits per heavy atom. The average molecular weight is 330 g/mol. The lowest BCUT2D eigenvalue weighted by Gasteiger charge is -2.47. The third-order valence-electron chi connectivity index (χ3n) is 5.90. The molecule has 134 valence electrons. The van der Waals surface area contributed by atoms with E-state index in [1.54, 1.807) is 0 Å². The van der Waals surface area contributed by atoms with Gasteiger partial charge in [0.15, 0.2) is 0 Å². The molecular formula is C21H35N3. The summed E-state index contributed by atoms with van der Waals surface area (Å²) in [4.78, 5) is 11.2. The predicted molar refractivity (Wildman–Crippen MR) is 103 cm³/mol. The molecule has 3 nitrogen and oxygen atoms in total. The molecule has 0 N–H and O–H groups in total. The van der Waals surface area contributed by atoms with E-state index in [2.05, 4.69) is 28.4 Å². The van der Waals surface area contributed by atoms with Crippen LogP contribution < -0.4 is 0 Å².